The van der Waals surface area contributed by atoms with Crippen LogP contribution in [0, 0.1) is 11.8 Å². The molecule has 2 atom stereocenters. The summed E-state index contributed by atoms with van der Waals surface area (Å²) in [5, 5.41) is 18.7. The summed E-state index contributed by atoms with van der Waals surface area (Å²) in [7, 11) is 1.88. The number of aliphatic hydroxyl groups is 1. The van der Waals surface area contributed by atoms with Gasteiger partial charge in [-0.1, -0.05) is 13.3 Å². The summed E-state index contributed by atoms with van der Waals surface area (Å²) >= 11 is 0. The van der Waals surface area contributed by atoms with Crippen LogP contribution in [0.2, 0.25) is 0 Å². The first-order valence-corrected chi connectivity index (χ1v) is 7.83. The summed E-state index contributed by atoms with van der Waals surface area (Å²) in [5.41, 5.74) is -0.668. The molecular weight excluding hydrogens is 268 g/mol. The van der Waals surface area contributed by atoms with E-state index in [2.05, 4.69) is 17.1 Å². The molecule has 2 fully saturated rings. The van der Waals surface area contributed by atoms with Crippen LogP contribution in [-0.4, -0.2) is 49.4 Å². The number of aromatic nitrogens is 3. The van der Waals surface area contributed by atoms with Gasteiger partial charge in [-0.25, -0.2) is 0 Å². The van der Waals surface area contributed by atoms with E-state index in [1.54, 1.807) is 6.33 Å². The summed E-state index contributed by atoms with van der Waals surface area (Å²) in [5.74, 6) is 1.48. The maximum Gasteiger partial charge on any atom is 0.223 e. The summed E-state index contributed by atoms with van der Waals surface area (Å²) in [4.78, 5) is 14.2. The maximum absolute atomic E-state index is 12.4. The van der Waals surface area contributed by atoms with Gasteiger partial charge in [0.15, 0.2) is 0 Å². The number of carbonyl (C=O) groups is 1. The van der Waals surface area contributed by atoms with E-state index >= 15 is 0 Å². The highest BCUT2D eigenvalue weighted by atomic mass is 16.3. The van der Waals surface area contributed by atoms with Gasteiger partial charge in [-0.15, -0.1) is 10.2 Å². The molecule has 1 amide bonds. The van der Waals surface area contributed by atoms with Gasteiger partial charge in [-0.3, -0.25) is 4.79 Å². The Morgan fingerprint density at radius 3 is 2.86 bits per heavy atom. The molecule has 0 unspecified atom stereocenters. The van der Waals surface area contributed by atoms with E-state index in [9.17, 15) is 9.90 Å². The van der Waals surface area contributed by atoms with Crippen molar-refractivity contribution in [1.82, 2.24) is 19.7 Å². The minimum absolute atomic E-state index is 0.111. The van der Waals surface area contributed by atoms with E-state index in [1.165, 1.54) is 6.42 Å². The first-order chi connectivity index (χ1) is 10.0. The van der Waals surface area contributed by atoms with Gasteiger partial charge in [0, 0.05) is 38.9 Å². The highest BCUT2D eigenvalue weighted by molar-refractivity contribution is 5.76. The molecule has 1 aromatic heterocycles. The van der Waals surface area contributed by atoms with E-state index in [0.29, 0.717) is 31.8 Å². The number of nitrogens with zero attached hydrogens (tertiary/aromatic N) is 4. The zero-order valence-electron chi connectivity index (χ0n) is 12.8. The standard InChI is InChI=1S/C15H24N4O2/c1-11-8-19(9-15(11,21)12-4-3-5-12)14(20)7-6-13-17-16-10-18(13)2/h10-12,21H,3-9H2,1-2H3/t11-,15+/m1/s1. The molecule has 0 aromatic carbocycles. The SMILES string of the molecule is C[C@@H]1CN(C(=O)CCc2nncn2C)C[C@@]1(O)C1CCC1. The zero-order chi connectivity index (χ0) is 15.0. The molecule has 1 N–H and O–H groups in total. The van der Waals surface area contributed by atoms with Crippen LogP contribution >= 0.6 is 0 Å². The van der Waals surface area contributed by atoms with Crippen molar-refractivity contribution in [2.75, 3.05) is 13.1 Å². The van der Waals surface area contributed by atoms with E-state index in [1.807, 2.05) is 16.5 Å². The topological polar surface area (TPSA) is 71.2 Å². The van der Waals surface area contributed by atoms with Crippen molar-refractivity contribution >= 4 is 5.91 Å². The quantitative estimate of drug-likeness (QED) is 0.889. The molecule has 21 heavy (non-hydrogen) atoms. The number of hydrogen-bond acceptors (Lipinski definition) is 4. The Labute approximate surface area is 125 Å². The second kappa shape index (κ2) is 5.40. The number of amides is 1. The van der Waals surface area contributed by atoms with E-state index in [4.69, 9.17) is 0 Å². The second-order valence-electron chi connectivity index (χ2n) is 6.65. The van der Waals surface area contributed by atoms with Crippen molar-refractivity contribution in [3.05, 3.63) is 12.2 Å². The van der Waals surface area contributed by atoms with Gasteiger partial charge in [-0.05, 0) is 18.8 Å². The van der Waals surface area contributed by atoms with Gasteiger partial charge in [0.1, 0.15) is 12.2 Å². The Kier molecular flexibility index (Phi) is 3.73. The largest absolute Gasteiger partial charge is 0.387 e. The minimum Gasteiger partial charge on any atom is -0.387 e. The Hall–Kier alpha value is -1.43. The lowest BCUT2D eigenvalue weighted by Gasteiger charge is -2.41. The van der Waals surface area contributed by atoms with Gasteiger partial charge >= 0.3 is 0 Å². The third-order valence-corrected chi connectivity index (χ3v) is 5.32. The number of likely N-dealkylation sites (tertiary alicyclic amines) is 1. The van der Waals surface area contributed by atoms with Crippen LogP contribution < -0.4 is 0 Å². The molecule has 1 aliphatic carbocycles. The van der Waals surface area contributed by atoms with Crippen molar-refractivity contribution in [2.24, 2.45) is 18.9 Å². The minimum atomic E-state index is -0.668. The monoisotopic (exact) mass is 292 g/mol. The van der Waals surface area contributed by atoms with Crippen molar-refractivity contribution in [1.29, 1.82) is 0 Å². The van der Waals surface area contributed by atoms with Crippen LogP contribution in [0.4, 0.5) is 0 Å². The first kappa shape index (κ1) is 14.5. The lowest BCUT2D eigenvalue weighted by molar-refractivity contribution is -0.132. The van der Waals surface area contributed by atoms with Crippen LogP contribution in [0.15, 0.2) is 6.33 Å². The average Bonchev–Trinajstić information content (AvgIpc) is 2.90. The Balaban J connectivity index is 1.57. The third-order valence-electron chi connectivity index (χ3n) is 5.32. The number of rotatable bonds is 4. The molecule has 0 spiro atoms. The molecule has 1 saturated carbocycles. The van der Waals surface area contributed by atoms with Gasteiger partial charge in [0.2, 0.25) is 5.91 Å². The average molecular weight is 292 g/mol. The Morgan fingerprint density at radius 1 is 1.52 bits per heavy atom. The molecule has 2 aliphatic rings. The molecular formula is C15H24N4O2. The predicted molar refractivity (Wildman–Crippen MR) is 77.4 cm³/mol. The number of carbonyl (C=O) groups excluding carboxylic acids is 1. The summed E-state index contributed by atoms with van der Waals surface area (Å²) in [6, 6.07) is 0. The van der Waals surface area contributed by atoms with Crippen LogP contribution in [0.3, 0.4) is 0 Å². The summed E-state index contributed by atoms with van der Waals surface area (Å²) in [6.07, 6.45) is 6.08. The lowest BCUT2D eigenvalue weighted by atomic mass is 9.69. The smallest absolute Gasteiger partial charge is 0.223 e. The van der Waals surface area contributed by atoms with E-state index in [0.717, 1.165) is 18.7 Å². The maximum atomic E-state index is 12.4. The van der Waals surface area contributed by atoms with Gasteiger partial charge < -0.3 is 14.6 Å². The molecule has 1 saturated heterocycles. The fourth-order valence-corrected chi connectivity index (χ4v) is 3.55. The fraction of sp³-hybridized carbons (Fsp3) is 0.800. The third kappa shape index (κ3) is 2.57. The van der Waals surface area contributed by atoms with Crippen LogP contribution in [0.1, 0.15) is 38.4 Å². The number of hydrogen-bond donors (Lipinski definition) is 1. The molecule has 116 valence electrons. The molecule has 6 heteroatoms. The molecule has 0 bridgehead atoms. The fourth-order valence-electron chi connectivity index (χ4n) is 3.55. The Bertz CT molecular complexity index is 525. The van der Waals surface area contributed by atoms with E-state index < -0.39 is 5.60 Å². The molecule has 2 heterocycles. The van der Waals surface area contributed by atoms with Crippen LogP contribution in [0.5, 0.6) is 0 Å². The highest BCUT2D eigenvalue weighted by Crippen LogP contribution is 2.44. The molecule has 6 nitrogen and oxygen atoms in total. The van der Waals surface area contributed by atoms with Gasteiger partial charge in [0.25, 0.3) is 0 Å². The van der Waals surface area contributed by atoms with Crippen molar-refractivity contribution in [3.8, 4) is 0 Å². The second-order valence-corrected chi connectivity index (χ2v) is 6.65. The zero-order valence-corrected chi connectivity index (χ0v) is 12.8. The van der Waals surface area contributed by atoms with Crippen molar-refractivity contribution in [3.63, 3.8) is 0 Å². The summed E-state index contributed by atoms with van der Waals surface area (Å²) < 4.78 is 1.84. The highest BCUT2D eigenvalue weighted by Gasteiger charge is 2.50. The molecule has 3 rings (SSSR count). The molecule has 0 radical (unpaired) electrons. The van der Waals surface area contributed by atoms with E-state index in [-0.39, 0.29) is 11.8 Å². The predicted octanol–water partition coefficient (Wildman–Crippen LogP) is 0.757. The summed E-state index contributed by atoms with van der Waals surface area (Å²) in [6.45, 7) is 3.23. The normalized spacial score (nSPS) is 29.7. The van der Waals surface area contributed by atoms with Crippen LogP contribution in [0.25, 0.3) is 0 Å². The van der Waals surface area contributed by atoms with Crippen LogP contribution in [-0.2, 0) is 18.3 Å². The van der Waals surface area contributed by atoms with Gasteiger partial charge in [0.05, 0.1) is 5.60 Å². The molecule has 1 aromatic rings. The Morgan fingerprint density at radius 2 is 2.29 bits per heavy atom. The first-order valence-electron chi connectivity index (χ1n) is 7.83. The molecule has 1 aliphatic heterocycles. The van der Waals surface area contributed by atoms with Gasteiger partial charge in [-0.2, -0.15) is 0 Å². The van der Waals surface area contributed by atoms with Crippen molar-refractivity contribution < 1.29 is 9.90 Å². The lowest BCUT2D eigenvalue weighted by Crippen LogP contribution is -2.48. The van der Waals surface area contributed by atoms with Crippen molar-refractivity contribution in [2.45, 2.75) is 44.6 Å². The number of aryl methyl sites for hydroxylation is 2. The number of β-amino-alcohol motifs (C(OH)–C–C–N with tert-alkyl or cyclic N) is 1.